The third-order valence-corrected chi connectivity index (χ3v) is 6.86. The maximum absolute atomic E-state index is 13.3. The lowest BCUT2D eigenvalue weighted by atomic mass is 10.0. The molecule has 1 aliphatic heterocycles. The molecule has 0 fully saturated rings. The first kappa shape index (κ1) is 22.8. The average molecular weight is 430 g/mol. The summed E-state index contributed by atoms with van der Waals surface area (Å²) in [6, 6.07) is 8.49. The molecule has 7 heteroatoms. The van der Waals surface area contributed by atoms with Gasteiger partial charge in [0.1, 0.15) is 0 Å². The number of carbonyl (C=O) groups is 1. The Bertz CT molecular complexity index is 850. The average Bonchev–Trinajstić information content (AvgIpc) is 3.13. The second kappa shape index (κ2) is 10.4. The number of para-hydroxylation sites is 1. The highest BCUT2D eigenvalue weighted by atomic mass is 32.2. The molecule has 1 aromatic heterocycles. The Labute approximate surface area is 185 Å². The molecule has 0 bridgehead atoms. The van der Waals surface area contributed by atoms with Crippen molar-refractivity contribution >= 4 is 23.4 Å². The first-order valence-electron chi connectivity index (χ1n) is 11.1. The fourth-order valence-electron chi connectivity index (χ4n) is 4.13. The van der Waals surface area contributed by atoms with Crippen LogP contribution < -0.4 is 4.90 Å². The summed E-state index contributed by atoms with van der Waals surface area (Å²) in [6.07, 6.45) is 5.21. The van der Waals surface area contributed by atoms with Gasteiger partial charge in [0.25, 0.3) is 0 Å². The van der Waals surface area contributed by atoms with Crippen molar-refractivity contribution in [1.29, 1.82) is 0 Å². The van der Waals surface area contributed by atoms with Crippen LogP contribution in [0, 0.1) is 0 Å². The van der Waals surface area contributed by atoms with E-state index in [0.717, 1.165) is 61.9 Å². The zero-order valence-corrected chi connectivity index (χ0v) is 19.8. The number of carbonyl (C=O) groups excluding carboxylic acids is 1. The largest absolute Gasteiger partial charge is 0.311 e. The molecule has 0 aliphatic carbocycles. The zero-order valence-electron chi connectivity index (χ0n) is 19.0. The molecule has 2 atom stereocenters. The summed E-state index contributed by atoms with van der Waals surface area (Å²) >= 11 is 1.54. The summed E-state index contributed by atoms with van der Waals surface area (Å²) in [5, 5.41) is 9.70. The summed E-state index contributed by atoms with van der Waals surface area (Å²) in [6.45, 7) is 8.04. The third kappa shape index (κ3) is 4.89. The van der Waals surface area contributed by atoms with Crippen LogP contribution in [0.5, 0.6) is 0 Å². The molecule has 164 valence electrons. The van der Waals surface area contributed by atoms with Gasteiger partial charge in [0.15, 0.2) is 11.0 Å². The number of aryl methyl sites for hydroxylation is 1. The minimum Gasteiger partial charge on any atom is -0.311 e. The van der Waals surface area contributed by atoms with Gasteiger partial charge in [-0.1, -0.05) is 50.2 Å². The van der Waals surface area contributed by atoms with E-state index in [9.17, 15) is 4.79 Å². The number of rotatable bonds is 9. The number of fused-ring (bicyclic) bond motifs is 1. The Morgan fingerprint density at radius 1 is 1.23 bits per heavy atom. The Hall–Kier alpha value is -1.86. The molecule has 2 unspecified atom stereocenters. The van der Waals surface area contributed by atoms with Crippen LogP contribution in [0.3, 0.4) is 0 Å². The third-order valence-electron chi connectivity index (χ3n) is 5.80. The topological polar surface area (TPSA) is 54.3 Å². The molecular weight excluding hydrogens is 394 g/mol. The summed E-state index contributed by atoms with van der Waals surface area (Å²) in [4.78, 5) is 17.5. The maximum Gasteiger partial charge on any atom is 0.240 e. The smallest absolute Gasteiger partial charge is 0.240 e. The van der Waals surface area contributed by atoms with E-state index < -0.39 is 0 Å². The first-order valence-corrected chi connectivity index (χ1v) is 12.0. The SMILES string of the molecule is CCCCn1c(SC(C)C(=O)N2CCCc3ccccc32)nnc1C(CC)N(C)C. The van der Waals surface area contributed by atoms with E-state index in [1.807, 2.05) is 17.9 Å². The van der Waals surface area contributed by atoms with Crippen molar-refractivity contribution in [2.24, 2.45) is 0 Å². The van der Waals surface area contributed by atoms with Crippen LogP contribution in [0.2, 0.25) is 0 Å². The zero-order chi connectivity index (χ0) is 21.7. The number of anilines is 1. The monoisotopic (exact) mass is 429 g/mol. The molecule has 1 amide bonds. The van der Waals surface area contributed by atoms with Crippen LogP contribution in [0.25, 0.3) is 0 Å². The Balaban J connectivity index is 1.81. The Morgan fingerprint density at radius 2 is 2.00 bits per heavy atom. The van der Waals surface area contributed by atoms with Crippen molar-refractivity contribution in [3.8, 4) is 0 Å². The Kier molecular flexibility index (Phi) is 7.94. The molecule has 1 aromatic carbocycles. The van der Waals surface area contributed by atoms with Crippen molar-refractivity contribution in [2.75, 3.05) is 25.5 Å². The molecular formula is C23H35N5OS. The second-order valence-corrected chi connectivity index (χ2v) is 9.52. The van der Waals surface area contributed by atoms with Crippen LogP contribution in [0.4, 0.5) is 5.69 Å². The number of thioether (sulfide) groups is 1. The lowest BCUT2D eigenvalue weighted by Gasteiger charge is -2.31. The molecule has 0 spiro atoms. The standard InChI is InChI=1S/C23H35N5OS/c1-6-8-15-28-21(19(7-2)26(4)5)24-25-23(28)30-17(3)22(29)27-16-11-13-18-12-9-10-14-20(18)27/h9-10,12,14,17,19H,6-8,11,13,15-16H2,1-5H3. The number of aromatic nitrogens is 3. The highest BCUT2D eigenvalue weighted by Crippen LogP contribution is 2.32. The number of unbranched alkanes of at least 4 members (excludes halogenated alkanes) is 1. The predicted octanol–water partition coefficient (Wildman–Crippen LogP) is 4.55. The van der Waals surface area contributed by atoms with Crippen molar-refractivity contribution in [3.63, 3.8) is 0 Å². The van der Waals surface area contributed by atoms with Gasteiger partial charge in [-0.05, 0) is 58.3 Å². The molecule has 0 radical (unpaired) electrons. The fraction of sp³-hybridized carbons (Fsp3) is 0.609. The van der Waals surface area contributed by atoms with Gasteiger partial charge < -0.3 is 9.47 Å². The summed E-state index contributed by atoms with van der Waals surface area (Å²) in [7, 11) is 4.17. The molecule has 6 nitrogen and oxygen atoms in total. The molecule has 0 saturated heterocycles. The lowest BCUT2D eigenvalue weighted by Crippen LogP contribution is -2.40. The summed E-state index contributed by atoms with van der Waals surface area (Å²) < 4.78 is 2.23. The van der Waals surface area contributed by atoms with Gasteiger partial charge in [0.05, 0.1) is 11.3 Å². The number of benzene rings is 1. The van der Waals surface area contributed by atoms with E-state index >= 15 is 0 Å². The van der Waals surface area contributed by atoms with Gasteiger partial charge in [-0.25, -0.2) is 0 Å². The van der Waals surface area contributed by atoms with Gasteiger partial charge in [0, 0.05) is 18.8 Å². The predicted molar refractivity (Wildman–Crippen MR) is 124 cm³/mol. The van der Waals surface area contributed by atoms with E-state index in [4.69, 9.17) is 0 Å². The minimum atomic E-state index is -0.215. The van der Waals surface area contributed by atoms with Crippen molar-refractivity contribution < 1.29 is 4.79 Å². The number of hydrogen-bond acceptors (Lipinski definition) is 5. The molecule has 2 aromatic rings. The van der Waals surface area contributed by atoms with Crippen LogP contribution >= 0.6 is 11.8 Å². The fourth-order valence-corrected chi connectivity index (χ4v) is 5.07. The van der Waals surface area contributed by atoms with Crippen LogP contribution in [-0.4, -0.2) is 51.5 Å². The van der Waals surface area contributed by atoms with Crippen LogP contribution in [-0.2, 0) is 17.8 Å². The Morgan fingerprint density at radius 3 is 2.70 bits per heavy atom. The number of amides is 1. The second-order valence-electron chi connectivity index (χ2n) is 8.22. The summed E-state index contributed by atoms with van der Waals surface area (Å²) in [5.74, 6) is 1.15. The van der Waals surface area contributed by atoms with E-state index in [2.05, 4.69) is 65.8 Å². The molecule has 0 N–H and O–H groups in total. The summed E-state index contributed by atoms with van der Waals surface area (Å²) in [5.41, 5.74) is 2.33. The quantitative estimate of drug-likeness (QED) is 0.547. The van der Waals surface area contributed by atoms with Crippen LogP contribution in [0.1, 0.15) is 63.9 Å². The van der Waals surface area contributed by atoms with E-state index in [0.29, 0.717) is 0 Å². The minimum absolute atomic E-state index is 0.151. The van der Waals surface area contributed by atoms with Gasteiger partial charge in [-0.2, -0.15) is 0 Å². The van der Waals surface area contributed by atoms with Crippen LogP contribution in [0.15, 0.2) is 29.4 Å². The van der Waals surface area contributed by atoms with E-state index in [-0.39, 0.29) is 17.2 Å². The molecule has 0 saturated carbocycles. The van der Waals surface area contributed by atoms with Crippen molar-refractivity contribution in [3.05, 3.63) is 35.7 Å². The van der Waals surface area contributed by atoms with Gasteiger partial charge in [-0.15, -0.1) is 10.2 Å². The lowest BCUT2D eigenvalue weighted by molar-refractivity contribution is -0.117. The number of nitrogens with zero attached hydrogens (tertiary/aromatic N) is 5. The van der Waals surface area contributed by atoms with Crippen molar-refractivity contribution in [1.82, 2.24) is 19.7 Å². The highest BCUT2D eigenvalue weighted by molar-refractivity contribution is 8.00. The van der Waals surface area contributed by atoms with Gasteiger partial charge in [-0.3, -0.25) is 9.69 Å². The van der Waals surface area contributed by atoms with Gasteiger partial charge >= 0.3 is 0 Å². The molecule has 3 rings (SSSR count). The van der Waals surface area contributed by atoms with E-state index in [1.165, 1.54) is 17.3 Å². The maximum atomic E-state index is 13.3. The molecule has 30 heavy (non-hydrogen) atoms. The van der Waals surface area contributed by atoms with Crippen molar-refractivity contribution in [2.45, 2.75) is 75.9 Å². The van der Waals surface area contributed by atoms with E-state index in [1.54, 1.807) is 0 Å². The highest BCUT2D eigenvalue weighted by Gasteiger charge is 2.29. The molecule has 2 heterocycles. The normalized spacial score (nSPS) is 15.9. The van der Waals surface area contributed by atoms with Gasteiger partial charge in [0.2, 0.25) is 5.91 Å². The first-order chi connectivity index (χ1) is 14.5. The number of hydrogen-bond donors (Lipinski definition) is 0. The molecule has 1 aliphatic rings.